The molecule has 8 atom stereocenters. The molecule has 3 heteroatoms. The number of hydrogen-bond donors (Lipinski definition) is 1. The van der Waals surface area contributed by atoms with Gasteiger partial charge in [0.2, 0.25) is 0 Å². The van der Waals surface area contributed by atoms with E-state index in [0.717, 1.165) is 36.0 Å². The smallest absolute Gasteiger partial charge is 0.152 e. The lowest BCUT2D eigenvalue weighted by Gasteiger charge is -2.60. The Morgan fingerprint density at radius 1 is 0.920 bits per heavy atom. The van der Waals surface area contributed by atoms with Gasteiger partial charge in [-0.05, 0) is 105 Å². The average Bonchev–Trinajstić information content (AvgIpc) is 2.91. The maximum atomic E-state index is 11.0. The Balaban J connectivity index is 1.48. The van der Waals surface area contributed by atoms with Crippen molar-refractivity contribution in [3.63, 3.8) is 0 Å². The van der Waals surface area contributed by atoms with Crippen molar-refractivity contribution < 1.29 is 8.76 Å². The molecule has 0 saturated heterocycles. The lowest BCUT2D eigenvalue weighted by Crippen LogP contribution is -2.52. The Morgan fingerprint density at radius 2 is 1.72 bits per heavy atom. The molecule has 8 unspecified atom stereocenters. The Bertz CT molecular complexity index is 520. The highest BCUT2D eigenvalue weighted by Gasteiger charge is 2.59. The first-order chi connectivity index (χ1) is 11.9. The van der Waals surface area contributed by atoms with Gasteiger partial charge in [0.15, 0.2) is 11.1 Å². The first-order valence-corrected chi connectivity index (χ1v) is 12.3. The SMILES string of the molecule is CC12CCCCC1CCC1C2CCC2(C)C(CCCS(=O)O)CCC12. The summed E-state index contributed by atoms with van der Waals surface area (Å²) < 4.78 is 20.1. The Hall–Kier alpha value is 0.110. The van der Waals surface area contributed by atoms with E-state index in [9.17, 15) is 4.21 Å². The molecule has 4 fully saturated rings. The topological polar surface area (TPSA) is 37.3 Å². The van der Waals surface area contributed by atoms with Crippen molar-refractivity contribution in [1.82, 2.24) is 0 Å². The summed E-state index contributed by atoms with van der Waals surface area (Å²) in [7, 11) is 0. The van der Waals surface area contributed by atoms with Crippen molar-refractivity contribution in [1.29, 1.82) is 0 Å². The zero-order valence-corrected chi connectivity index (χ0v) is 17.2. The lowest BCUT2D eigenvalue weighted by molar-refractivity contribution is -0.111. The average molecular weight is 367 g/mol. The van der Waals surface area contributed by atoms with Gasteiger partial charge in [-0.1, -0.05) is 26.7 Å². The van der Waals surface area contributed by atoms with Crippen LogP contribution in [0.5, 0.6) is 0 Å². The first-order valence-electron chi connectivity index (χ1n) is 11.0. The third-order valence-electron chi connectivity index (χ3n) is 9.65. The molecule has 0 amide bonds. The van der Waals surface area contributed by atoms with Gasteiger partial charge in [-0.15, -0.1) is 0 Å². The van der Waals surface area contributed by atoms with E-state index >= 15 is 0 Å². The summed E-state index contributed by atoms with van der Waals surface area (Å²) in [6.07, 6.45) is 16.8. The van der Waals surface area contributed by atoms with Gasteiger partial charge in [-0.2, -0.15) is 0 Å². The highest BCUT2D eigenvalue weighted by atomic mass is 32.2. The maximum Gasteiger partial charge on any atom is 0.152 e. The molecule has 0 aromatic carbocycles. The molecule has 4 aliphatic carbocycles. The quantitative estimate of drug-likeness (QED) is 0.616. The van der Waals surface area contributed by atoms with E-state index in [2.05, 4.69) is 13.8 Å². The summed E-state index contributed by atoms with van der Waals surface area (Å²) >= 11 is -1.61. The van der Waals surface area contributed by atoms with Crippen LogP contribution < -0.4 is 0 Å². The van der Waals surface area contributed by atoms with Crippen LogP contribution in [0.3, 0.4) is 0 Å². The zero-order valence-electron chi connectivity index (χ0n) is 16.3. The minimum Gasteiger partial charge on any atom is -0.306 e. The molecule has 4 aliphatic rings. The predicted octanol–water partition coefficient (Wildman–Crippen LogP) is 6.04. The van der Waals surface area contributed by atoms with Crippen LogP contribution in [0.1, 0.15) is 90.9 Å². The fraction of sp³-hybridized carbons (Fsp3) is 1.00. The number of rotatable bonds is 4. The van der Waals surface area contributed by atoms with E-state index in [4.69, 9.17) is 4.55 Å². The molecule has 2 nitrogen and oxygen atoms in total. The van der Waals surface area contributed by atoms with E-state index in [1.807, 2.05) is 0 Å². The van der Waals surface area contributed by atoms with Crippen LogP contribution in [0.15, 0.2) is 0 Å². The van der Waals surface area contributed by atoms with Crippen LogP contribution in [0, 0.1) is 40.4 Å². The number of hydrogen-bond acceptors (Lipinski definition) is 1. The van der Waals surface area contributed by atoms with Crippen LogP contribution in [-0.4, -0.2) is 14.5 Å². The minimum atomic E-state index is -1.61. The molecule has 25 heavy (non-hydrogen) atoms. The van der Waals surface area contributed by atoms with E-state index in [1.165, 1.54) is 70.6 Å². The van der Waals surface area contributed by atoms with E-state index in [1.54, 1.807) is 0 Å². The molecule has 0 heterocycles. The van der Waals surface area contributed by atoms with Crippen molar-refractivity contribution >= 4 is 11.1 Å². The summed E-state index contributed by atoms with van der Waals surface area (Å²) in [6.45, 7) is 5.26. The standard InChI is InChI=1S/C22H38O2S/c1-21-13-4-3-6-16(21)8-10-18-19-11-9-17(7-5-15-25(23)24)22(19,2)14-12-20(18)21/h16-20H,3-15H2,1-2H3,(H,23,24). The van der Waals surface area contributed by atoms with Crippen molar-refractivity contribution in [3.8, 4) is 0 Å². The predicted molar refractivity (Wildman–Crippen MR) is 105 cm³/mol. The Kier molecular flexibility index (Phi) is 5.12. The fourth-order valence-electron chi connectivity index (χ4n) is 8.33. The lowest BCUT2D eigenvalue weighted by atomic mass is 9.45. The highest BCUT2D eigenvalue weighted by Crippen LogP contribution is 2.67. The van der Waals surface area contributed by atoms with Crippen LogP contribution in [0.4, 0.5) is 0 Å². The van der Waals surface area contributed by atoms with E-state index in [0.29, 0.717) is 16.6 Å². The first kappa shape index (κ1) is 18.5. The summed E-state index contributed by atoms with van der Waals surface area (Å²) in [6, 6.07) is 0. The van der Waals surface area contributed by atoms with Gasteiger partial charge in [0.1, 0.15) is 0 Å². The normalized spacial score (nSPS) is 50.6. The third-order valence-corrected chi connectivity index (χ3v) is 10.3. The molecule has 0 spiro atoms. The Morgan fingerprint density at radius 3 is 2.52 bits per heavy atom. The molecule has 0 bridgehead atoms. The molecule has 0 radical (unpaired) electrons. The van der Waals surface area contributed by atoms with Gasteiger partial charge in [-0.25, -0.2) is 4.21 Å². The van der Waals surface area contributed by atoms with E-state index in [-0.39, 0.29) is 0 Å². The zero-order chi connectivity index (χ0) is 17.7. The molecule has 0 aromatic rings. The number of fused-ring (bicyclic) bond motifs is 5. The summed E-state index contributed by atoms with van der Waals surface area (Å²) in [5.41, 5.74) is 1.17. The van der Waals surface area contributed by atoms with Gasteiger partial charge in [-0.3, -0.25) is 0 Å². The molecule has 4 saturated carbocycles. The van der Waals surface area contributed by atoms with Gasteiger partial charge >= 0.3 is 0 Å². The van der Waals surface area contributed by atoms with Crippen LogP contribution >= 0.6 is 0 Å². The van der Waals surface area contributed by atoms with Gasteiger partial charge in [0.05, 0.1) is 0 Å². The Labute approximate surface area is 157 Å². The second-order valence-electron chi connectivity index (χ2n) is 10.4. The third kappa shape index (κ3) is 3.06. The van der Waals surface area contributed by atoms with Crippen molar-refractivity contribution in [2.75, 3.05) is 5.75 Å². The highest BCUT2D eigenvalue weighted by molar-refractivity contribution is 7.79. The summed E-state index contributed by atoms with van der Waals surface area (Å²) in [5, 5.41) is 0. The molecule has 1 N–H and O–H groups in total. The van der Waals surface area contributed by atoms with Gasteiger partial charge in [0, 0.05) is 5.75 Å². The monoisotopic (exact) mass is 366 g/mol. The molecule has 0 aliphatic heterocycles. The second-order valence-corrected chi connectivity index (χ2v) is 11.4. The van der Waals surface area contributed by atoms with Crippen molar-refractivity contribution in [3.05, 3.63) is 0 Å². The maximum absolute atomic E-state index is 11.0. The van der Waals surface area contributed by atoms with Crippen LogP contribution in [-0.2, 0) is 11.1 Å². The minimum absolute atomic E-state index is 0.475. The fourth-order valence-corrected chi connectivity index (χ4v) is 8.74. The molecule has 0 aromatic heterocycles. The summed E-state index contributed by atoms with van der Waals surface area (Å²) in [5.74, 6) is 5.21. The summed E-state index contributed by atoms with van der Waals surface area (Å²) in [4.78, 5) is 0. The van der Waals surface area contributed by atoms with Crippen LogP contribution in [0.25, 0.3) is 0 Å². The van der Waals surface area contributed by atoms with Crippen LogP contribution in [0.2, 0.25) is 0 Å². The van der Waals surface area contributed by atoms with Gasteiger partial charge < -0.3 is 4.55 Å². The van der Waals surface area contributed by atoms with Gasteiger partial charge in [0.25, 0.3) is 0 Å². The van der Waals surface area contributed by atoms with Crippen molar-refractivity contribution in [2.24, 2.45) is 40.4 Å². The molecule has 4 rings (SSSR count). The molecular weight excluding hydrogens is 328 g/mol. The van der Waals surface area contributed by atoms with Crippen molar-refractivity contribution in [2.45, 2.75) is 90.9 Å². The molecule has 144 valence electrons. The molecular formula is C22H38O2S. The van der Waals surface area contributed by atoms with E-state index < -0.39 is 11.1 Å². The largest absolute Gasteiger partial charge is 0.306 e. The second kappa shape index (κ2) is 6.93.